The minimum atomic E-state index is -3.36. The molecule has 1 aliphatic rings. The predicted octanol–water partition coefficient (Wildman–Crippen LogP) is 4.41. The lowest BCUT2D eigenvalue weighted by Gasteiger charge is -2.35. The highest BCUT2D eigenvalue weighted by molar-refractivity contribution is 7.90. The molecule has 0 spiro atoms. The molecule has 3 aromatic rings. The van der Waals surface area contributed by atoms with Gasteiger partial charge in [0.05, 0.1) is 6.04 Å². The van der Waals surface area contributed by atoms with Crippen LogP contribution in [0.3, 0.4) is 0 Å². The van der Waals surface area contributed by atoms with Gasteiger partial charge < -0.3 is 5.32 Å². The molecule has 4 rings (SSSR count). The fourth-order valence-electron chi connectivity index (χ4n) is 3.69. The second kappa shape index (κ2) is 8.44. The number of nitrogens with zero attached hydrogens (tertiary/aromatic N) is 2. The Balaban J connectivity index is 1.61. The summed E-state index contributed by atoms with van der Waals surface area (Å²) >= 11 is 7.91. The lowest BCUT2D eigenvalue weighted by Crippen LogP contribution is -2.37. The van der Waals surface area contributed by atoms with Crippen LogP contribution in [-0.2, 0) is 22.8 Å². The number of fused-ring (bicyclic) bond motifs is 1. The maximum absolute atomic E-state index is 12.1. The van der Waals surface area contributed by atoms with Gasteiger partial charge in [-0.05, 0) is 53.3 Å². The summed E-state index contributed by atoms with van der Waals surface area (Å²) in [5.41, 5.74) is 2.51. The van der Waals surface area contributed by atoms with E-state index in [4.69, 9.17) is 11.6 Å². The average molecular weight is 448 g/mol. The van der Waals surface area contributed by atoms with Crippen molar-refractivity contribution in [2.45, 2.75) is 23.9 Å². The summed E-state index contributed by atoms with van der Waals surface area (Å²) in [5, 5.41) is 6.13. The molecular formula is C21H22ClN3O2S2. The van der Waals surface area contributed by atoms with Crippen molar-refractivity contribution in [3.05, 3.63) is 75.1 Å². The Morgan fingerprint density at radius 2 is 2.03 bits per heavy atom. The topological polar surface area (TPSA) is 62.3 Å². The van der Waals surface area contributed by atoms with Gasteiger partial charge in [0, 0.05) is 42.0 Å². The van der Waals surface area contributed by atoms with Crippen molar-refractivity contribution in [2.24, 2.45) is 0 Å². The summed E-state index contributed by atoms with van der Waals surface area (Å²) in [6.45, 7) is 2.36. The van der Waals surface area contributed by atoms with E-state index in [0.717, 1.165) is 25.1 Å². The van der Waals surface area contributed by atoms with Gasteiger partial charge in [-0.3, -0.25) is 4.90 Å². The Morgan fingerprint density at radius 3 is 2.79 bits per heavy atom. The zero-order chi connectivity index (χ0) is 20.4. The number of anilines is 1. The molecule has 1 N–H and O–H groups in total. The number of rotatable bonds is 6. The molecule has 1 unspecified atom stereocenters. The standard InChI is InChI=1S/C21H22ClN3O2S2/c1-29(26,27)20-3-2-10-23-21(20)24-13-18(15-4-6-17(22)7-5-15)25-11-8-19-16(14-25)9-12-28-19/h2-7,9-10,12,18H,8,11,13-14H2,1H3,(H,23,24). The first kappa shape index (κ1) is 20.3. The van der Waals surface area contributed by atoms with Gasteiger partial charge in [-0.15, -0.1) is 11.3 Å². The minimum absolute atomic E-state index is 0.0646. The summed E-state index contributed by atoms with van der Waals surface area (Å²) in [5.74, 6) is 0.391. The number of nitrogens with one attached hydrogen (secondary N) is 1. The average Bonchev–Trinajstić information content (AvgIpc) is 3.17. The summed E-state index contributed by atoms with van der Waals surface area (Å²) < 4.78 is 24.2. The Kier molecular flexibility index (Phi) is 5.92. The van der Waals surface area contributed by atoms with Gasteiger partial charge in [0.15, 0.2) is 9.84 Å². The molecule has 0 saturated heterocycles. The molecule has 0 fully saturated rings. The van der Waals surface area contributed by atoms with Crippen molar-refractivity contribution in [2.75, 3.05) is 24.7 Å². The van der Waals surface area contributed by atoms with Crippen LogP contribution in [0.15, 0.2) is 58.9 Å². The third-order valence-electron chi connectivity index (χ3n) is 5.17. The van der Waals surface area contributed by atoms with E-state index in [-0.39, 0.29) is 10.9 Å². The first-order chi connectivity index (χ1) is 13.9. The zero-order valence-corrected chi connectivity index (χ0v) is 18.4. The number of sulfone groups is 1. The van der Waals surface area contributed by atoms with Crippen LogP contribution in [0.25, 0.3) is 0 Å². The number of aromatic nitrogens is 1. The van der Waals surface area contributed by atoms with Crippen LogP contribution >= 0.6 is 22.9 Å². The molecule has 0 amide bonds. The summed E-state index contributed by atoms with van der Waals surface area (Å²) in [4.78, 5) is 8.36. The maximum atomic E-state index is 12.1. The zero-order valence-electron chi connectivity index (χ0n) is 16.0. The predicted molar refractivity (Wildman–Crippen MR) is 118 cm³/mol. The monoisotopic (exact) mass is 447 g/mol. The summed E-state index contributed by atoms with van der Waals surface area (Å²) in [7, 11) is -3.36. The van der Waals surface area contributed by atoms with Crippen LogP contribution < -0.4 is 5.32 Å². The molecule has 0 saturated carbocycles. The third-order valence-corrected chi connectivity index (χ3v) is 7.57. The van der Waals surface area contributed by atoms with E-state index < -0.39 is 9.84 Å². The van der Waals surface area contributed by atoms with Crippen LogP contribution in [0.4, 0.5) is 5.82 Å². The van der Waals surface area contributed by atoms with Gasteiger partial charge in [-0.1, -0.05) is 23.7 Å². The fourth-order valence-corrected chi connectivity index (χ4v) is 5.51. The summed E-state index contributed by atoms with van der Waals surface area (Å²) in [6.07, 6.45) is 3.83. The molecule has 29 heavy (non-hydrogen) atoms. The van der Waals surface area contributed by atoms with Crippen molar-refractivity contribution in [3.8, 4) is 0 Å². The lowest BCUT2D eigenvalue weighted by atomic mass is 10.0. The Labute approximate surface area is 180 Å². The third kappa shape index (κ3) is 4.64. The molecule has 0 bridgehead atoms. The van der Waals surface area contributed by atoms with Gasteiger partial charge in [-0.2, -0.15) is 0 Å². The molecule has 3 heterocycles. The van der Waals surface area contributed by atoms with Gasteiger partial charge >= 0.3 is 0 Å². The summed E-state index contributed by atoms with van der Waals surface area (Å²) in [6, 6.07) is 13.3. The second-order valence-electron chi connectivity index (χ2n) is 7.16. The van der Waals surface area contributed by atoms with Gasteiger partial charge in [0.1, 0.15) is 10.7 Å². The van der Waals surface area contributed by atoms with E-state index >= 15 is 0 Å². The van der Waals surface area contributed by atoms with Crippen LogP contribution in [0.5, 0.6) is 0 Å². The number of benzene rings is 1. The quantitative estimate of drug-likeness (QED) is 0.606. The molecule has 0 radical (unpaired) electrons. The van der Waals surface area contributed by atoms with E-state index in [9.17, 15) is 8.42 Å². The van der Waals surface area contributed by atoms with Crippen molar-refractivity contribution < 1.29 is 8.42 Å². The first-order valence-corrected chi connectivity index (χ1v) is 12.5. The van der Waals surface area contributed by atoms with E-state index in [0.29, 0.717) is 17.4 Å². The Morgan fingerprint density at radius 1 is 1.24 bits per heavy atom. The molecule has 5 nitrogen and oxygen atoms in total. The highest BCUT2D eigenvalue weighted by Crippen LogP contribution is 2.31. The minimum Gasteiger partial charge on any atom is -0.367 e. The smallest absolute Gasteiger partial charge is 0.179 e. The van der Waals surface area contributed by atoms with Crippen molar-refractivity contribution in [3.63, 3.8) is 0 Å². The number of hydrogen-bond acceptors (Lipinski definition) is 6. The normalized spacial score (nSPS) is 15.7. The molecule has 152 valence electrons. The molecule has 1 aromatic carbocycles. The first-order valence-electron chi connectivity index (χ1n) is 9.35. The lowest BCUT2D eigenvalue weighted by molar-refractivity contribution is 0.188. The molecule has 8 heteroatoms. The van der Waals surface area contributed by atoms with Crippen molar-refractivity contribution in [1.82, 2.24) is 9.88 Å². The van der Waals surface area contributed by atoms with Crippen molar-refractivity contribution in [1.29, 1.82) is 0 Å². The molecule has 1 aliphatic heterocycles. The molecular weight excluding hydrogens is 426 g/mol. The highest BCUT2D eigenvalue weighted by Gasteiger charge is 2.26. The largest absolute Gasteiger partial charge is 0.367 e. The number of halogens is 1. The Hall–Kier alpha value is -1.93. The van der Waals surface area contributed by atoms with E-state index in [1.165, 1.54) is 16.7 Å². The number of pyridine rings is 1. The molecule has 2 aromatic heterocycles. The van der Waals surface area contributed by atoms with Crippen LogP contribution in [0.1, 0.15) is 22.0 Å². The van der Waals surface area contributed by atoms with E-state index in [1.54, 1.807) is 18.3 Å². The molecule has 1 atom stereocenters. The Bertz CT molecular complexity index is 1100. The second-order valence-corrected chi connectivity index (χ2v) is 10.6. The van der Waals surface area contributed by atoms with E-state index in [1.807, 2.05) is 35.6 Å². The maximum Gasteiger partial charge on any atom is 0.179 e. The van der Waals surface area contributed by atoms with Gasteiger partial charge in [0.25, 0.3) is 0 Å². The van der Waals surface area contributed by atoms with E-state index in [2.05, 4.69) is 26.6 Å². The van der Waals surface area contributed by atoms with Crippen LogP contribution in [0.2, 0.25) is 5.02 Å². The van der Waals surface area contributed by atoms with Gasteiger partial charge in [0.2, 0.25) is 0 Å². The molecule has 0 aliphatic carbocycles. The highest BCUT2D eigenvalue weighted by atomic mass is 35.5. The van der Waals surface area contributed by atoms with Crippen LogP contribution in [-0.4, -0.2) is 37.6 Å². The SMILES string of the molecule is CS(=O)(=O)c1cccnc1NCC(c1ccc(Cl)cc1)N1CCc2sccc2C1. The van der Waals surface area contributed by atoms with Crippen molar-refractivity contribution >= 4 is 38.6 Å². The number of thiophene rings is 1. The van der Waals surface area contributed by atoms with Gasteiger partial charge in [-0.25, -0.2) is 13.4 Å². The number of hydrogen-bond donors (Lipinski definition) is 1. The fraction of sp³-hybridized carbons (Fsp3) is 0.286. The van der Waals surface area contributed by atoms with Crippen LogP contribution in [0, 0.1) is 0 Å².